The quantitative estimate of drug-likeness (QED) is 0.237. The average Bonchev–Trinajstić information content (AvgIpc) is 3.12. The molecular weight excluding hydrogens is 394 g/mol. The van der Waals surface area contributed by atoms with E-state index in [9.17, 15) is 29.4 Å². The second-order valence-corrected chi connectivity index (χ2v) is 6.77. The number of H-pyrrole nitrogens is 1. The summed E-state index contributed by atoms with van der Waals surface area (Å²) < 4.78 is 0. The van der Waals surface area contributed by atoms with E-state index in [-0.39, 0.29) is 6.42 Å². The zero-order chi connectivity index (χ0) is 22.3. The summed E-state index contributed by atoms with van der Waals surface area (Å²) in [6.07, 6.45) is 1.67. The Morgan fingerprint density at radius 3 is 2.43 bits per heavy atom. The van der Waals surface area contributed by atoms with E-state index in [2.05, 4.69) is 20.9 Å². The van der Waals surface area contributed by atoms with Crippen molar-refractivity contribution in [2.24, 2.45) is 5.73 Å². The molecule has 1 aromatic heterocycles. The van der Waals surface area contributed by atoms with Crippen molar-refractivity contribution in [2.75, 3.05) is 13.2 Å². The maximum Gasteiger partial charge on any atom is 0.326 e. The lowest BCUT2D eigenvalue weighted by molar-refractivity contribution is -0.142. The van der Waals surface area contributed by atoms with E-state index in [4.69, 9.17) is 5.73 Å². The van der Waals surface area contributed by atoms with E-state index >= 15 is 0 Å². The fourth-order valence-electron chi connectivity index (χ4n) is 2.76. The van der Waals surface area contributed by atoms with Crippen molar-refractivity contribution in [2.45, 2.75) is 31.5 Å². The Morgan fingerprint density at radius 1 is 1.10 bits per heavy atom. The summed E-state index contributed by atoms with van der Waals surface area (Å²) in [7, 11) is 0. The zero-order valence-electron chi connectivity index (χ0n) is 16.3. The Kier molecular flexibility index (Phi) is 7.90. The van der Waals surface area contributed by atoms with Crippen LogP contribution in [0.4, 0.5) is 0 Å². The van der Waals surface area contributed by atoms with Crippen LogP contribution in [-0.2, 0) is 25.6 Å². The number of hydrogen-bond donors (Lipinski definition) is 7. The molecule has 0 saturated carbocycles. The van der Waals surface area contributed by atoms with Crippen LogP contribution in [0.3, 0.4) is 0 Å². The lowest BCUT2D eigenvalue weighted by Crippen LogP contribution is -2.55. The van der Waals surface area contributed by atoms with E-state index in [0.29, 0.717) is 5.56 Å². The highest BCUT2D eigenvalue weighted by Gasteiger charge is 2.27. The Bertz CT molecular complexity index is 925. The molecule has 30 heavy (non-hydrogen) atoms. The number of para-hydroxylation sites is 1. The molecule has 0 spiro atoms. The maximum absolute atomic E-state index is 12.4. The molecule has 0 bridgehead atoms. The lowest BCUT2D eigenvalue weighted by atomic mass is 10.0. The number of aromatic amines is 1. The predicted molar refractivity (Wildman–Crippen MR) is 107 cm³/mol. The van der Waals surface area contributed by atoms with Gasteiger partial charge in [-0.05, 0) is 18.6 Å². The maximum atomic E-state index is 12.4. The van der Waals surface area contributed by atoms with Crippen molar-refractivity contribution in [3.05, 3.63) is 36.0 Å². The number of nitrogens with two attached hydrogens (primary N) is 1. The van der Waals surface area contributed by atoms with E-state index in [1.54, 1.807) is 6.20 Å². The number of aliphatic hydroxyl groups is 1. The number of hydrogen-bond acceptors (Lipinski definition) is 6. The van der Waals surface area contributed by atoms with Gasteiger partial charge >= 0.3 is 5.97 Å². The minimum absolute atomic E-state index is 0.00161. The second-order valence-electron chi connectivity index (χ2n) is 6.77. The van der Waals surface area contributed by atoms with Crippen molar-refractivity contribution in [1.82, 2.24) is 20.9 Å². The number of nitrogens with one attached hydrogen (secondary N) is 4. The van der Waals surface area contributed by atoms with Crippen LogP contribution < -0.4 is 21.7 Å². The number of carbonyl (C=O) groups is 4. The molecule has 3 atom stereocenters. The number of amides is 3. The molecule has 11 nitrogen and oxygen atoms in total. The summed E-state index contributed by atoms with van der Waals surface area (Å²) in [6.45, 7) is 0.247. The number of carboxylic acids is 1. The van der Waals surface area contributed by atoms with Gasteiger partial charge in [0.25, 0.3) is 0 Å². The van der Waals surface area contributed by atoms with Gasteiger partial charge in [0, 0.05) is 23.5 Å². The standard InChI is InChI=1S/C19H25N5O6/c1-10(20)17(27)22-8-16(26)23-15(9-25)18(28)24-14(19(29)30)6-11-7-21-13-5-3-2-4-12(11)13/h2-5,7,10,14-15,21,25H,6,8-9,20H2,1H3,(H,22,27)(H,23,26)(H,24,28)(H,29,30). The minimum Gasteiger partial charge on any atom is -0.480 e. The van der Waals surface area contributed by atoms with Gasteiger partial charge in [-0.15, -0.1) is 0 Å². The number of rotatable bonds is 10. The topological polar surface area (TPSA) is 187 Å². The van der Waals surface area contributed by atoms with E-state index in [0.717, 1.165) is 10.9 Å². The fourth-order valence-corrected chi connectivity index (χ4v) is 2.76. The summed E-state index contributed by atoms with van der Waals surface area (Å²) in [6, 6.07) is 3.86. The molecule has 0 aliphatic rings. The minimum atomic E-state index is -1.38. The summed E-state index contributed by atoms with van der Waals surface area (Å²) >= 11 is 0. The van der Waals surface area contributed by atoms with Crippen LogP contribution in [0.1, 0.15) is 12.5 Å². The third-order valence-corrected chi connectivity index (χ3v) is 4.38. The first-order valence-electron chi connectivity index (χ1n) is 9.24. The van der Waals surface area contributed by atoms with Gasteiger partial charge in [-0.2, -0.15) is 0 Å². The monoisotopic (exact) mass is 419 g/mol. The van der Waals surface area contributed by atoms with Crippen LogP contribution in [0.2, 0.25) is 0 Å². The van der Waals surface area contributed by atoms with Gasteiger partial charge in [0.1, 0.15) is 12.1 Å². The van der Waals surface area contributed by atoms with Crippen molar-refractivity contribution >= 4 is 34.6 Å². The molecule has 8 N–H and O–H groups in total. The molecule has 0 saturated heterocycles. The lowest BCUT2D eigenvalue weighted by Gasteiger charge is -2.20. The molecule has 1 heterocycles. The largest absolute Gasteiger partial charge is 0.480 e. The van der Waals surface area contributed by atoms with E-state index in [1.165, 1.54) is 6.92 Å². The number of carboxylic acid groups (broad SMARTS) is 1. The highest BCUT2D eigenvalue weighted by Crippen LogP contribution is 2.19. The Morgan fingerprint density at radius 2 is 1.80 bits per heavy atom. The molecular formula is C19H25N5O6. The number of fused-ring (bicyclic) bond motifs is 1. The summed E-state index contributed by atoms with van der Waals surface area (Å²) in [5, 5.41) is 26.6. The fraction of sp³-hybridized carbons (Fsp3) is 0.368. The van der Waals surface area contributed by atoms with Crippen molar-refractivity contribution in [1.29, 1.82) is 0 Å². The number of aliphatic hydroxyl groups excluding tert-OH is 1. The zero-order valence-corrected chi connectivity index (χ0v) is 16.3. The molecule has 2 rings (SSSR count). The first kappa shape index (κ1) is 22.8. The third kappa shape index (κ3) is 6.03. The highest BCUT2D eigenvalue weighted by atomic mass is 16.4. The van der Waals surface area contributed by atoms with Gasteiger partial charge in [-0.25, -0.2) is 4.79 Å². The summed E-state index contributed by atoms with van der Waals surface area (Å²) in [5.41, 5.74) is 6.89. The van der Waals surface area contributed by atoms with Gasteiger partial charge in [-0.3, -0.25) is 14.4 Å². The van der Waals surface area contributed by atoms with Crippen LogP contribution in [-0.4, -0.2) is 70.2 Å². The van der Waals surface area contributed by atoms with Crippen molar-refractivity contribution < 1.29 is 29.4 Å². The number of aromatic nitrogens is 1. The van der Waals surface area contributed by atoms with E-state index < -0.39 is 55.0 Å². The van der Waals surface area contributed by atoms with Gasteiger partial charge in [0.2, 0.25) is 17.7 Å². The van der Waals surface area contributed by atoms with Gasteiger partial charge < -0.3 is 36.9 Å². The highest BCUT2D eigenvalue weighted by molar-refractivity contribution is 5.93. The average molecular weight is 419 g/mol. The molecule has 162 valence electrons. The van der Waals surface area contributed by atoms with Gasteiger partial charge in [-0.1, -0.05) is 18.2 Å². The predicted octanol–water partition coefficient (Wildman–Crippen LogP) is -1.78. The van der Waals surface area contributed by atoms with Crippen LogP contribution >= 0.6 is 0 Å². The van der Waals surface area contributed by atoms with Crippen molar-refractivity contribution in [3.8, 4) is 0 Å². The third-order valence-electron chi connectivity index (χ3n) is 4.38. The first-order chi connectivity index (χ1) is 14.2. The summed E-state index contributed by atoms with van der Waals surface area (Å²) in [4.78, 5) is 50.3. The Labute approximate surface area is 172 Å². The second kappa shape index (κ2) is 10.4. The molecule has 11 heteroatoms. The molecule has 2 aromatic rings. The number of aliphatic carboxylic acids is 1. The number of carbonyl (C=O) groups excluding carboxylic acids is 3. The SMILES string of the molecule is CC(N)C(=O)NCC(=O)NC(CO)C(=O)NC(Cc1c[nH]c2ccccc12)C(=O)O. The van der Waals surface area contributed by atoms with Gasteiger partial charge in [0.15, 0.2) is 0 Å². The molecule has 0 aliphatic heterocycles. The summed E-state index contributed by atoms with van der Waals surface area (Å²) in [5.74, 6) is -3.42. The van der Waals surface area contributed by atoms with Crippen LogP contribution in [0.5, 0.6) is 0 Å². The molecule has 0 fully saturated rings. The molecule has 1 aromatic carbocycles. The Balaban J connectivity index is 1.99. The smallest absolute Gasteiger partial charge is 0.326 e. The normalized spacial score (nSPS) is 13.8. The number of benzene rings is 1. The first-order valence-corrected chi connectivity index (χ1v) is 9.24. The molecule has 0 radical (unpaired) electrons. The van der Waals surface area contributed by atoms with E-state index in [1.807, 2.05) is 24.3 Å². The van der Waals surface area contributed by atoms with Gasteiger partial charge in [0.05, 0.1) is 19.2 Å². The Hall–Kier alpha value is -3.44. The van der Waals surface area contributed by atoms with Crippen LogP contribution in [0.25, 0.3) is 10.9 Å². The molecule has 0 aliphatic carbocycles. The van der Waals surface area contributed by atoms with Crippen molar-refractivity contribution in [3.63, 3.8) is 0 Å². The molecule has 3 unspecified atom stereocenters. The van der Waals surface area contributed by atoms with Crippen LogP contribution in [0.15, 0.2) is 30.5 Å². The molecule has 3 amide bonds. The van der Waals surface area contributed by atoms with Crippen LogP contribution in [0, 0.1) is 0 Å².